The number of anilines is 2. The first-order valence-corrected chi connectivity index (χ1v) is 10.2. The molecule has 1 saturated carbocycles. The highest BCUT2D eigenvalue weighted by molar-refractivity contribution is 5.78. The molecule has 2 aromatic rings. The van der Waals surface area contributed by atoms with Gasteiger partial charge in [-0.2, -0.15) is 28.1 Å². The maximum Gasteiger partial charge on any atom is 0.416 e. The number of amides is 1. The molecule has 0 atom stereocenters. The fourth-order valence-electron chi connectivity index (χ4n) is 3.90. The molecule has 1 heterocycles. The van der Waals surface area contributed by atoms with Crippen LogP contribution in [0.25, 0.3) is 0 Å². The van der Waals surface area contributed by atoms with Gasteiger partial charge in [-0.15, -0.1) is 0 Å². The maximum absolute atomic E-state index is 13.1. The van der Waals surface area contributed by atoms with Gasteiger partial charge in [0.15, 0.2) is 0 Å². The number of hydrogen-bond acceptors (Lipinski definition) is 6. The van der Waals surface area contributed by atoms with Crippen molar-refractivity contribution in [3.05, 3.63) is 41.2 Å². The fourth-order valence-corrected chi connectivity index (χ4v) is 3.90. The van der Waals surface area contributed by atoms with E-state index in [1.165, 1.54) is 12.1 Å². The third-order valence-corrected chi connectivity index (χ3v) is 5.67. The Bertz CT molecular complexity index is 912. The second-order valence-electron chi connectivity index (χ2n) is 7.75. The molecule has 7 nitrogen and oxygen atoms in total. The molecule has 1 aliphatic carbocycles. The van der Waals surface area contributed by atoms with E-state index in [0.717, 1.165) is 18.9 Å². The van der Waals surface area contributed by atoms with Gasteiger partial charge in [-0.05, 0) is 44.2 Å². The first kappa shape index (κ1) is 22.8. The smallest absolute Gasteiger partial charge is 0.357 e. The van der Waals surface area contributed by atoms with Crippen LogP contribution in [-0.2, 0) is 17.5 Å². The van der Waals surface area contributed by atoms with Gasteiger partial charge in [0.1, 0.15) is 5.82 Å². The zero-order valence-electron chi connectivity index (χ0n) is 17.8. The number of carbonyl (C=O) groups excluding carboxylic acids is 1. The Morgan fingerprint density at radius 3 is 2.45 bits per heavy atom. The summed E-state index contributed by atoms with van der Waals surface area (Å²) in [4.78, 5) is 27.6. The van der Waals surface area contributed by atoms with E-state index in [0.29, 0.717) is 30.6 Å². The number of hydrogen-bond donors (Lipinski definition) is 2. The maximum atomic E-state index is 13.1. The Morgan fingerprint density at radius 2 is 1.81 bits per heavy atom. The molecule has 0 spiro atoms. The zero-order valence-corrected chi connectivity index (χ0v) is 17.8. The summed E-state index contributed by atoms with van der Waals surface area (Å²) < 4.78 is 39.4. The van der Waals surface area contributed by atoms with Crippen molar-refractivity contribution in [2.45, 2.75) is 51.4 Å². The van der Waals surface area contributed by atoms with Gasteiger partial charge >= 0.3 is 6.18 Å². The van der Waals surface area contributed by atoms with E-state index in [1.54, 1.807) is 20.0 Å². The molecule has 0 radical (unpaired) electrons. The van der Waals surface area contributed by atoms with Crippen molar-refractivity contribution in [1.82, 2.24) is 20.3 Å². The lowest BCUT2D eigenvalue weighted by Gasteiger charge is -2.34. The fraction of sp³-hybridized carbons (Fsp3) is 0.524. The number of aromatic nitrogens is 3. The van der Waals surface area contributed by atoms with Crippen LogP contribution in [-0.4, -0.2) is 41.0 Å². The SMILES string of the molecule is CNc1nc(C)nc(N(C)[C@H]2CC[C@@H](C(=O)NCc3ccccc3C(F)(F)F)CC2)n1. The van der Waals surface area contributed by atoms with Crippen LogP contribution in [0, 0.1) is 12.8 Å². The summed E-state index contributed by atoms with van der Waals surface area (Å²) in [5.74, 6) is 1.28. The first-order valence-electron chi connectivity index (χ1n) is 10.2. The predicted octanol–water partition coefficient (Wildman–Crippen LogP) is 3.55. The lowest BCUT2D eigenvalue weighted by molar-refractivity contribution is -0.138. The largest absolute Gasteiger partial charge is 0.416 e. The van der Waals surface area contributed by atoms with Crippen LogP contribution >= 0.6 is 0 Å². The number of nitrogens with one attached hydrogen (secondary N) is 2. The van der Waals surface area contributed by atoms with Crippen molar-refractivity contribution < 1.29 is 18.0 Å². The van der Waals surface area contributed by atoms with Crippen molar-refractivity contribution in [3.63, 3.8) is 0 Å². The van der Waals surface area contributed by atoms with Crippen molar-refractivity contribution in [3.8, 4) is 0 Å². The highest BCUT2D eigenvalue weighted by atomic mass is 19.4. The normalized spacial score (nSPS) is 19.0. The van der Waals surface area contributed by atoms with E-state index in [4.69, 9.17) is 0 Å². The van der Waals surface area contributed by atoms with E-state index >= 15 is 0 Å². The third-order valence-electron chi connectivity index (χ3n) is 5.67. The number of halogens is 3. The summed E-state index contributed by atoms with van der Waals surface area (Å²) in [6.07, 6.45) is -1.58. The molecule has 1 aromatic carbocycles. The van der Waals surface area contributed by atoms with Gasteiger partial charge in [0, 0.05) is 32.6 Å². The van der Waals surface area contributed by atoms with Crippen LogP contribution in [0.3, 0.4) is 0 Å². The molecular weight excluding hydrogens is 409 g/mol. The van der Waals surface area contributed by atoms with E-state index in [9.17, 15) is 18.0 Å². The topological polar surface area (TPSA) is 83.0 Å². The molecule has 0 unspecified atom stereocenters. The third kappa shape index (κ3) is 5.62. The van der Waals surface area contributed by atoms with E-state index in [1.807, 2.05) is 11.9 Å². The average Bonchev–Trinajstić information content (AvgIpc) is 2.76. The summed E-state index contributed by atoms with van der Waals surface area (Å²) in [5.41, 5.74) is -0.642. The second kappa shape index (κ2) is 9.49. The van der Waals surface area contributed by atoms with E-state index < -0.39 is 11.7 Å². The molecule has 10 heteroatoms. The lowest BCUT2D eigenvalue weighted by Crippen LogP contribution is -2.40. The van der Waals surface area contributed by atoms with Crippen molar-refractivity contribution in [1.29, 1.82) is 0 Å². The summed E-state index contributed by atoms with van der Waals surface area (Å²) in [6, 6.07) is 5.50. The van der Waals surface area contributed by atoms with Crippen molar-refractivity contribution in [2.75, 3.05) is 24.3 Å². The standard InChI is InChI=1S/C21H27F3N6O/c1-13-27-19(25-2)29-20(28-13)30(3)16-10-8-14(9-11-16)18(31)26-12-15-6-4-5-7-17(15)21(22,23)24/h4-7,14,16H,8-12H2,1-3H3,(H,26,31)(H,25,27,28,29)/t14-,16+. The summed E-state index contributed by atoms with van der Waals surface area (Å²) in [5, 5.41) is 5.60. The Labute approximate surface area is 179 Å². The van der Waals surface area contributed by atoms with E-state index in [2.05, 4.69) is 25.6 Å². The molecule has 1 amide bonds. The van der Waals surface area contributed by atoms with Crippen LogP contribution < -0.4 is 15.5 Å². The Balaban J connectivity index is 1.55. The molecule has 1 aromatic heterocycles. The van der Waals surface area contributed by atoms with Gasteiger partial charge in [-0.1, -0.05) is 18.2 Å². The minimum Gasteiger partial charge on any atom is -0.357 e. The summed E-state index contributed by atoms with van der Waals surface area (Å²) in [6.45, 7) is 1.67. The number of rotatable bonds is 6. The second-order valence-corrected chi connectivity index (χ2v) is 7.75. The van der Waals surface area contributed by atoms with Crippen LogP contribution in [0.2, 0.25) is 0 Å². The van der Waals surface area contributed by atoms with Gasteiger partial charge in [0.2, 0.25) is 17.8 Å². The van der Waals surface area contributed by atoms with Gasteiger partial charge in [0.05, 0.1) is 5.56 Å². The highest BCUT2D eigenvalue weighted by Crippen LogP contribution is 2.32. The molecule has 0 saturated heterocycles. The molecule has 168 valence electrons. The molecule has 1 aliphatic rings. The molecule has 1 fully saturated rings. The van der Waals surface area contributed by atoms with Gasteiger partial charge in [-0.3, -0.25) is 4.79 Å². The molecular formula is C21H27F3N6O. The Kier molecular flexibility index (Phi) is 6.97. The number of benzene rings is 1. The number of nitrogens with zero attached hydrogens (tertiary/aromatic N) is 4. The molecule has 0 bridgehead atoms. The summed E-state index contributed by atoms with van der Waals surface area (Å²) in [7, 11) is 3.67. The Morgan fingerprint density at radius 1 is 1.13 bits per heavy atom. The van der Waals surface area contributed by atoms with Gasteiger partial charge in [-0.25, -0.2) is 0 Å². The van der Waals surface area contributed by atoms with Gasteiger partial charge < -0.3 is 15.5 Å². The lowest BCUT2D eigenvalue weighted by atomic mass is 9.85. The van der Waals surface area contributed by atoms with Crippen LogP contribution in [0.5, 0.6) is 0 Å². The predicted molar refractivity (Wildman–Crippen MR) is 112 cm³/mol. The number of alkyl halides is 3. The molecule has 2 N–H and O–H groups in total. The quantitative estimate of drug-likeness (QED) is 0.721. The number of carbonyl (C=O) groups is 1. The summed E-state index contributed by atoms with van der Waals surface area (Å²) >= 11 is 0. The minimum atomic E-state index is -4.44. The van der Waals surface area contributed by atoms with E-state index in [-0.39, 0.29) is 30.0 Å². The van der Waals surface area contributed by atoms with Crippen LogP contribution in [0.4, 0.5) is 25.1 Å². The molecule has 31 heavy (non-hydrogen) atoms. The minimum absolute atomic E-state index is 0.0716. The molecule has 0 aliphatic heterocycles. The monoisotopic (exact) mass is 436 g/mol. The average molecular weight is 436 g/mol. The highest BCUT2D eigenvalue weighted by Gasteiger charge is 2.33. The van der Waals surface area contributed by atoms with Gasteiger partial charge in [0.25, 0.3) is 0 Å². The first-order chi connectivity index (χ1) is 14.7. The van der Waals surface area contributed by atoms with Crippen molar-refractivity contribution in [2.24, 2.45) is 5.92 Å². The number of aryl methyl sites for hydroxylation is 1. The van der Waals surface area contributed by atoms with Crippen LogP contribution in [0.1, 0.15) is 42.6 Å². The molecule has 3 rings (SSSR count). The Hall–Kier alpha value is -2.91. The van der Waals surface area contributed by atoms with Crippen molar-refractivity contribution >= 4 is 17.8 Å². The van der Waals surface area contributed by atoms with Crippen LogP contribution in [0.15, 0.2) is 24.3 Å². The zero-order chi connectivity index (χ0) is 22.6.